The highest BCUT2D eigenvalue weighted by Crippen LogP contribution is 2.29. The third-order valence-corrected chi connectivity index (χ3v) is 3.63. The molecule has 1 aromatic heterocycles. The Hall–Kier alpha value is -2.21. The molecular weight excluding hydrogens is 270 g/mol. The lowest BCUT2D eigenvalue weighted by Crippen LogP contribution is -2.41. The first-order valence-electron chi connectivity index (χ1n) is 6.73. The van der Waals surface area contributed by atoms with Crippen molar-refractivity contribution in [1.82, 2.24) is 4.98 Å². The van der Waals surface area contributed by atoms with Crippen molar-refractivity contribution in [2.75, 3.05) is 5.32 Å². The Labute approximate surface area is 123 Å². The van der Waals surface area contributed by atoms with Gasteiger partial charge in [0.05, 0.1) is 22.1 Å². The molecule has 0 fully saturated rings. The molecule has 0 saturated heterocycles. The van der Waals surface area contributed by atoms with Crippen molar-refractivity contribution in [3.8, 4) is 0 Å². The molecule has 0 aliphatic carbocycles. The van der Waals surface area contributed by atoms with Crippen molar-refractivity contribution in [2.45, 2.75) is 39.3 Å². The topological polar surface area (TPSA) is 88.3 Å². The third kappa shape index (κ3) is 3.11. The summed E-state index contributed by atoms with van der Waals surface area (Å²) in [6, 6.07) is 6.41. The zero-order chi connectivity index (χ0) is 15.8. The summed E-state index contributed by atoms with van der Waals surface area (Å²) >= 11 is 0. The van der Waals surface area contributed by atoms with Crippen LogP contribution in [-0.4, -0.2) is 26.7 Å². The van der Waals surface area contributed by atoms with Crippen LogP contribution in [0.5, 0.6) is 0 Å². The van der Waals surface area contributed by atoms with Crippen molar-refractivity contribution in [3.05, 3.63) is 40.1 Å². The predicted molar refractivity (Wildman–Crippen MR) is 82.5 cm³/mol. The van der Waals surface area contributed by atoms with Crippen LogP contribution >= 0.6 is 0 Å². The number of aliphatic hydroxyl groups excluding tert-OH is 1. The minimum Gasteiger partial charge on any atom is -0.391 e. The summed E-state index contributed by atoms with van der Waals surface area (Å²) in [5.74, 6) is 0. The SMILES string of the molecule is Cc1cc(NC(C)(C)C(C)O)c2cc([N+](=O)[O-])ccc2n1. The van der Waals surface area contributed by atoms with E-state index < -0.39 is 16.6 Å². The zero-order valence-electron chi connectivity index (χ0n) is 12.5. The van der Waals surface area contributed by atoms with Crippen LogP contribution in [0.2, 0.25) is 0 Å². The maximum absolute atomic E-state index is 10.9. The summed E-state index contributed by atoms with van der Waals surface area (Å²) < 4.78 is 0. The summed E-state index contributed by atoms with van der Waals surface area (Å²) in [6.07, 6.45) is -0.584. The molecule has 0 spiro atoms. The van der Waals surface area contributed by atoms with E-state index in [0.717, 1.165) is 11.4 Å². The summed E-state index contributed by atoms with van der Waals surface area (Å²) in [4.78, 5) is 14.9. The van der Waals surface area contributed by atoms with E-state index in [1.807, 2.05) is 26.8 Å². The van der Waals surface area contributed by atoms with Gasteiger partial charge in [0.15, 0.2) is 0 Å². The Bertz CT molecular complexity index is 696. The molecule has 6 heteroatoms. The van der Waals surface area contributed by atoms with Gasteiger partial charge in [0.1, 0.15) is 0 Å². The maximum Gasteiger partial charge on any atom is 0.270 e. The first-order valence-corrected chi connectivity index (χ1v) is 6.73. The number of aromatic nitrogens is 1. The molecule has 2 aromatic rings. The number of pyridine rings is 1. The van der Waals surface area contributed by atoms with Crippen molar-refractivity contribution >= 4 is 22.3 Å². The summed E-state index contributed by atoms with van der Waals surface area (Å²) in [7, 11) is 0. The second-order valence-corrected chi connectivity index (χ2v) is 5.79. The number of non-ortho nitro benzene ring substituents is 1. The Kier molecular flexibility index (Phi) is 3.82. The molecule has 0 bridgehead atoms. The number of aliphatic hydroxyl groups is 1. The zero-order valence-corrected chi connectivity index (χ0v) is 12.5. The second kappa shape index (κ2) is 5.29. The highest BCUT2D eigenvalue weighted by molar-refractivity contribution is 5.93. The van der Waals surface area contributed by atoms with Crippen LogP contribution in [-0.2, 0) is 0 Å². The highest BCUT2D eigenvalue weighted by atomic mass is 16.6. The molecule has 21 heavy (non-hydrogen) atoms. The first-order chi connectivity index (χ1) is 9.70. The van der Waals surface area contributed by atoms with Gasteiger partial charge < -0.3 is 10.4 Å². The smallest absolute Gasteiger partial charge is 0.270 e. The van der Waals surface area contributed by atoms with Crippen LogP contribution in [0.15, 0.2) is 24.3 Å². The van der Waals surface area contributed by atoms with E-state index in [9.17, 15) is 15.2 Å². The minimum absolute atomic E-state index is 0.0195. The van der Waals surface area contributed by atoms with Crippen molar-refractivity contribution in [1.29, 1.82) is 0 Å². The largest absolute Gasteiger partial charge is 0.391 e. The molecule has 0 saturated carbocycles. The average Bonchev–Trinajstić information content (AvgIpc) is 2.37. The Morgan fingerprint density at radius 3 is 2.62 bits per heavy atom. The number of rotatable bonds is 4. The Morgan fingerprint density at radius 1 is 1.38 bits per heavy atom. The number of aryl methyl sites for hydroxylation is 1. The monoisotopic (exact) mass is 289 g/mol. The van der Waals surface area contributed by atoms with Crippen LogP contribution in [0.3, 0.4) is 0 Å². The van der Waals surface area contributed by atoms with E-state index in [1.165, 1.54) is 12.1 Å². The molecule has 2 N–H and O–H groups in total. The Morgan fingerprint density at radius 2 is 2.05 bits per heavy atom. The molecule has 0 aliphatic rings. The summed E-state index contributed by atoms with van der Waals surface area (Å²) in [5, 5.41) is 24.7. The molecule has 6 nitrogen and oxygen atoms in total. The predicted octanol–water partition coefficient (Wildman–Crippen LogP) is 3.02. The van der Waals surface area contributed by atoms with Gasteiger partial charge in [-0.3, -0.25) is 15.1 Å². The van der Waals surface area contributed by atoms with Crippen LogP contribution in [0, 0.1) is 17.0 Å². The molecule has 1 unspecified atom stereocenters. The molecule has 2 rings (SSSR count). The van der Waals surface area contributed by atoms with E-state index in [1.54, 1.807) is 13.0 Å². The molecule has 112 valence electrons. The minimum atomic E-state index is -0.584. The van der Waals surface area contributed by atoms with Gasteiger partial charge in [-0.1, -0.05) is 0 Å². The number of nitro groups is 1. The van der Waals surface area contributed by atoms with Crippen LogP contribution in [0.4, 0.5) is 11.4 Å². The molecule has 1 heterocycles. The quantitative estimate of drug-likeness (QED) is 0.667. The van der Waals surface area contributed by atoms with Crippen LogP contribution < -0.4 is 5.32 Å². The number of nitrogens with zero attached hydrogens (tertiary/aromatic N) is 2. The van der Waals surface area contributed by atoms with Gasteiger partial charge in [-0.25, -0.2) is 0 Å². The number of fused-ring (bicyclic) bond motifs is 1. The van der Waals surface area contributed by atoms with Gasteiger partial charge in [-0.2, -0.15) is 0 Å². The van der Waals surface area contributed by atoms with E-state index in [2.05, 4.69) is 10.3 Å². The first kappa shape index (κ1) is 15.2. The standard InChI is InChI=1S/C15H19N3O3/c1-9-7-14(17-15(3,4)10(2)19)12-8-11(18(20)21)5-6-13(12)16-9/h5-8,10,19H,1-4H3,(H,16,17). The van der Waals surface area contributed by atoms with Gasteiger partial charge in [0.25, 0.3) is 5.69 Å². The van der Waals surface area contributed by atoms with E-state index in [4.69, 9.17) is 0 Å². The lowest BCUT2D eigenvalue weighted by atomic mass is 9.97. The van der Waals surface area contributed by atoms with Crippen LogP contribution in [0.1, 0.15) is 26.5 Å². The fourth-order valence-electron chi connectivity index (χ4n) is 2.01. The molecular formula is C15H19N3O3. The van der Waals surface area contributed by atoms with Crippen molar-refractivity contribution in [3.63, 3.8) is 0 Å². The molecule has 1 atom stereocenters. The van der Waals surface area contributed by atoms with Crippen molar-refractivity contribution < 1.29 is 10.0 Å². The average molecular weight is 289 g/mol. The van der Waals surface area contributed by atoms with Crippen molar-refractivity contribution in [2.24, 2.45) is 0 Å². The summed E-state index contributed by atoms with van der Waals surface area (Å²) in [5.41, 5.74) is 1.67. The van der Waals surface area contributed by atoms with Crippen LogP contribution in [0.25, 0.3) is 10.9 Å². The normalized spacial score (nSPS) is 13.2. The number of benzene rings is 1. The van der Waals surface area contributed by atoms with E-state index in [-0.39, 0.29) is 5.69 Å². The molecule has 1 aromatic carbocycles. The number of hydrogen-bond donors (Lipinski definition) is 2. The van der Waals surface area contributed by atoms with Gasteiger partial charge in [0.2, 0.25) is 0 Å². The Balaban J connectivity index is 2.60. The highest BCUT2D eigenvalue weighted by Gasteiger charge is 2.25. The van der Waals surface area contributed by atoms with E-state index >= 15 is 0 Å². The number of hydrogen-bond acceptors (Lipinski definition) is 5. The fourth-order valence-corrected chi connectivity index (χ4v) is 2.01. The second-order valence-electron chi connectivity index (χ2n) is 5.79. The molecule has 0 aliphatic heterocycles. The lowest BCUT2D eigenvalue weighted by molar-refractivity contribution is -0.384. The third-order valence-electron chi connectivity index (χ3n) is 3.63. The maximum atomic E-state index is 10.9. The van der Waals surface area contributed by atoms with Gasteiger partial charge >= 0.3 is 0 Å². The number of nitrogens with one attached hydrogen (secondary N) is 1. The summed E-state index contributed by atoms with van der Waals surface area (Å²) in [6.45, 7) is 7.31. The van der Waals surface area contributed by atoms with Gasteiger partial charge in [-0.15, -0.1) is 0 Å². The fraction of sp³-hybridized carbons (Fsp3) is 0.400. The van der Waals surface area contributed by atoms with Gasteiger partial charge in [0, 0.05) is 28.9 Å². The molecule has 0 radical (unpaired) electrons. The molecule has 0 amide bonds. The van der Waals surface area contributed by atoms with E-state index in [0.29, 0.717) is 10.9 Å². The lowest BCUT2D eigenvalue weighted by Gasteiger charge is -2.31. The number of anilines is 1. The number of nitro benzene ring substituents is 1. The van der Waals surface area contributed by atoms with Gasteiger partial charge in [-0.05, 0) is 39.8 Å².